The number of ketones is 2. The Bertz CT molecular complexity index is 1950. The zero-order chi connectivity index (χ0) is 44.6. The van der Waals surface area contributed by atoms with Crippen molar-refractivity contribution in [2.24, 2.45) is 0 Å². The summed E-state index contributed by atoms with van der Waals surface area (Å²) in [6.45, 7) is 6.24. The summed E-state index contributed by atoms with van der Waals surface area (Å²) in [5.74, 6) is 1.71. The molecule has 0 fully saturated rings. The number of hydrogen-bond donors (Lipinski definition) is 6. The molecule has 62 heavy (non-hydrogen) atoms. The van der Waals surface area contributed by atoms with Gasteiger partial charge in [-0.2, -0.15) is 0 Å². The third-order valence-electron chi connectivity index (χ3n) is 9.82. The van der Waals surface area contributed by atoms with Gasteiger partial charge in [0, 0.05) is 19.3 Å². The average Bonchev–Trinajstić information content (AvgIpc) is 4.03. The van der Waals surface area contributed by atoms with Gasteiger partial charge in [0.05, 0.1) is 46.2 Å². The van der Waals surface area contributed by atoms with Crippen LogP contribution in [0.1, 0.15) is 74.6 Å². The largest absolute Gasteiger partial charge is 0.508 e. The minimum absolute atomic E-state index is 0.0939. The molecule has 0 spiro atoms. The Balaban J connectivity index is 0.000000158. The summed E-state index contributed by atoms with van der Waals surface area (Å²) < 4.78 is 36.6. The minimum Gasteiger partial charge on any atom is -0.508 e. The summed E-state index contributed by atoms with van der Waals surface area (Å²) in [7, 11) is -3.43. The molecule has 4 heterocycles. The van der Waals surface area contributed by atoms with E-state index in [9.17, 15) is 34.5 Å². The smallest absolute Gasteiger partial charge is 0.491 e. The lowest BCUT2D eigenvalue weighted by Crippen LogP contribution is -2.28. The van der Waals surface area contributed by atoms with Gasteiger partial charge >= 0.3 is 34.4 Å². The maximum Gasteiger partial charge on any atom is 0.491 e. The first kappa shape index (κ1) is 47.9. The van der Waals surface area contributed by atoms with Crippen LogP contribution in [0.3, 0.4) is 0 Å². The number of hydrogen-bond acceptors (Lipinski definition) is 15. The molecule has 6 N–H and O–H groups in total. The van der Waals surface area contributed by atoms with E-state index in [-0.39, 0.29) is 23.7 Å². The molecule has 16 nitrogen and oxygen atoms in total. The molecule has 4 aliphatic rings. The standard InChI is InChI=1S/2C12H15BO4.C11H13BO5.C7H7BO3/c2*1-9(14)3-2-6-16-11-5-4-10-8-17-13(15)12(10)7-11;13-11(14)2-1-5-16-9-4-3-8-7-17-12(15)10(8)6-9;9-6-2-1-5-4-11-8(10)7(5)3-6/h2*4-5,7,15H,2-3,6,8H2,1H3;3-4,6,15H,1-2,5,7H2,(H,13,14);1-3,9-10H,4H2. The van der Waals surface area contributed by atoms with Crippen molar-refractivity contribution in [3.63, 3.8) is 0 Å². The molecule has 0 aromatic heterocycles. The van der Waals surface area contributed by atoms with Gasteiger partial charge in [0.1, 0.15) is 34.6 Å². The first-order chi connectivity index (χ1) is 29.8. The van der Waals surface area contributed by atoms with Gasteiger partial charge < -0.3 is 72.7 Å². The molecule has 0 unspecified atom stereocenters. The second-order valence-electron chi connectivity index (χ2n) is 14.8. The van der Waals surface area contributed by atoms with Crippen molar-refractivity contribution in [1.82, 2.24) is 0 Å². The Labute approximate surface area is 361 Å². The maximum absolute atomic E-state index is 10.7. The zero-order valence-corrected chi connectivity index (χ0v) is 34.7. The molecule has 20 heteroatoms. The van der Waals surface area contributed by atoms with Gasteiger partial charge in [0.25, 0.3) is 0 Å². The topological polar surface area (TPSA) is 237 Å². The van der Waals surface area contributed by atoms with Gasteiger partial charge in [-0.15, -0.1) is 0 Å². The second-order valence-corrected chi connectivity index (χ2v) is 14.8. The predicted molar refractivity (Wildman–Crippen MR) is 230 cm³/mol. The number of benzene rings is 4. The van der Waals surface area contributed by atoms with E-state index in [2.05, 4.69) is 0 Å². The van der Waals surface area contributed by atoms with Crippen LogP contribution < -0.4 is 36.1 Å². The number of ether oxygens (including phenoxy) is 3. The second kappa shape index (κ2) is 23.9. The average molecular weight is 854 g/mol. The molecule has 0 aliphatic carbocycles. The fourth-order valence-corrected chi connectivity index (χ4v) is 6.49. The van der Waals surface area contributed by atoms with Crippen molar-refractivity contribution in [3.05, 3.63) is 95.1 Å². The van der Waals surface area contributed by atoms with Crippen LogP contribution in [0.25, 0.3) is 0 Å². The molecule has 0 saturated carbocycles. The lowest BCUT2D eigenvalue weighted by atomic mass is 9.79. The molecule has 0 atom stereocenters. The highest BCUT2D eigenvalue weighted by Gasteiger charge is 2.30. The van der Waals surface area contributed by atoms with Crippen molar-refractivity contribution in [2.45, 2.75) is 78.8 Å². The summed E-state index contributed by atoms with van der Waals surface area (Å²) in [4.78, 5) is 31.8. The van der Waals surface area contributed by atoms with Crippen LogP contribution in [0, 0.1) is 0 Å². The van der Waals surface area contributed by atoms with E-state index >= 15 is 0 Å². The normalized spacial score (nSPS) is 13.9. The lowest BCUT2D eigenvalue weighted by Gasteiger charge is -2.07. The Morgan fingerprint density at radius 1 is 0.500 bits per heavy atom. The third kappa shape index (κ3) is 14.7. The van der Waals surface area contributed by atoms with Crippen LogP contribution in [0.15, 0.2) is 72.8 Å². The van der Waals surface area contributed by atoms with Gasteiger partial charge in [0.2, 0.25) is 0 Å². The highest BCUT2D eigenvalue weighted by Crippen LogP contribution is 2.19. The van der Waals surface area contributed by atoms with E-state index in [0.717, 1.165) is 38.6 Å². The lowest BCUT2D eigenvalue weighted by molar-refractivity contribution is -0.137. The third-order valence-corrected chi connectivity index (χ3v) is 9.82. The van der Waals surface area contributed by atoms with E-state index in [0.29, 0.717) is 101 Å². The summed E-state index contributed by atoms with van der Waals surface area (Å²) in [6, 6.07) is 21.3. The Hall–Kier alpha value is -5.17. The highest BCUT2D eigenvalue weighted by atomic mass is 16.5. The van der Waals surface area contributed by atoms with Gasteiger partial charge in [-0.25, -0.2) is 0 Å². The summed E-state index contributed by atoms with van der Waals surface area (Å²) in [5, 5.41) is 55.2. The number of carboxylic acid groups (broad SMARTS) is 1. The molecular weight excluding hydrogens is 804 g/mol. The number of phenolic OH excluding ortho intramolecular Hbond substituents is 1. The molecule has 0 bridgehead atoms. The fraction of sp³-hybridized carbons (Fsp3) is 0.357. The molecule has 4 aromatic rings. The number of carboxylic acids is 1. The number of phenols is 1. The summed E-state index contributed by atoms with van der Waals surface area (Å²) in [5.41, 5.74) is 6.82. The molecule has 0 saturated heterocycles. The number of aromatic hydroxyl groups is 1. The van der Waals surface area contributed by atoms with Crippen LogP contribution >= 0.6 is 0 Å². The van der Waals surface area contributed by atoms with Crippen molar-refractivity contribution in [2.75, 3.05) is 19.8 Å². The number of carbonyl (C=O) groups excluding carboxylic acids is 2. The van der Waals surface area contributed by atoms with Crippen molar-refractivity contribution < 1.29 is 77.5 Å². The van der Waals surface area contributed by atoms with Gasteiger partial charge in [-0.05, 0) is 126 Å². The van der Waals surface area contributed by atoms with Crippen molar-refractivity contribution in [1.29, 1.82) is 0 Å². The molecular formula is C42H50B4O16. The molecule has 326 valence electrons. The minimum atomic E-state index is -0.882. The van der Waals surface area contributed by atoms with Crippen LogP contribution in [0.4, 0.5) is 0 Å². The maximum atomic E-state index is 10.7. The molecule has 4 aliphatic heterocycles. The van der Waals surface area contributed by atoms with Gasteiger partial charge in [0.15, 0.2) is 0 Å². The molecule has 0 radical (unpaired) electrons. The highest BCUT2D eigenvalue weighted by molar-refractivity contribution is 6.62. The van der Waals surface area contributed by atoms with E-state index in [1.165, 1.54) is 6.07 Å². The summed E-state index contributed by atoms with van der Waals surface area (Å²) in [6.07, 6.45) is 3.06. The predicted octanol–water partition coefficient (Wildman–Crippen LogP) is 1.06. The van der Waals surface area contributed by atoms with Gasteiger partial charge in [-0.3, -0.25) is 4.79 Å². The first-order valence-electron chi connectivity index (χ1n) is 20.2. The Morgan fingerprint density at radius 3 is 1.13 bits per heavy atom. The number of fused-ring (bicyclic) bond motifs is 4. The zero-order valence-electron chi connectivity index (χ0n) is 34.7. The van der Waals surface area contributed by atoms with E-state index < -0.39 is 34.4 Å². The number of rotatable bonds is 15. The van der Waals surface area contributed by atoms with E-state index in [1.54, 1.807) is 50.2 Å². The first-order valence-corrected chi connectivity index (χ1v) is 20.2. The van der Waals surface area contributed by atoms with Crippen molar-refractivity contribution >= 4 is 67.9 Å². The van der Waals surface area contributed by atoms with Crippen LogP contribution in [0.2, 0.25) is 0 Å². The number of aliphatic carboxylic acids is 1. The monoisotopic (exact) mass is 854 g/mol. The van der Waals surface area contributed by atoms with Crippen molar-refractivity contribution in [3.8, 4) is 23.0 Å². The SMILES string of the molecule is CC(=O)CCCOc1ccc2c(c1)B(O)OC2.CC(=O)CCCOc1ccc2c(c1)B(O)OC2.O=C(O)CCCOc1ccc2c(c1)B(O)OC2.OB1OCc2ccc(O)cc21. The number of carbonyl (C=O) groups is 3. The fourth-order valence-electron chi connectivity index (χ4n) is 6.49. The summed E-state index contributed by atoms with van der Waals surface area (Å²) >= 11 is 0. The van der Waals surface area contributed by atoms with E-state index in [1.807, 2.05) is 30.3 Å². The Kier molecular flexibility index (Phi) is 18.4. The van der Waals surface area contributed by atoms with Gasteiger partial charge in [-0.1, -0.05) is 24.3 Å². The van der Waals surface area contributed by atoms with Crippen LogP contribution in [0.5, 0.6) is 23.0 Å². The molecule has 8 rings (SSSR count). The Morgan fingerprint density at radius 2 is 0.806 bits per heavy atom. The van der Waals surface area contributed by atoms with Crippen LogP contribution in [-0.2, 0) is 59.4 Å². The van der Waals surface area contributed by atoms with Crippen LogP contribution in [-0.4, -0.2) is 96.1 Å². The molecule has 4 aromatic carbocycles. The number of Topliss-reactive ketones (excluding diaryl/α,β-unsaturated/α-hetero) is 2. The molecule has 0 amide bonds. The quantitative estimate of drug-likeness (QED) is 0.0725. The van der Waals surface area contributed by atoms with E-state index in [4.69, 9.17) is 43.0 Å².